The maximum atomic E-state index is 13.0. The first-order valence-electron chi connectivity index (χ1n) is 6.17. The number of halogens is 3. The van der Waals surface area contributed by atoms with Crippen LogP contribution in [0.3, 0.4) is 0 Å². The lowest BCUT2D eigenvalue weighted by molar-refractivity contribution is -0.129. The number of likely N-dealkylation sites (tertiary alicyclic amines) is 1. The minimum Gasteiger partial charge on any atom is -0.342 e. The van der Waals surface area contributed by atoms with Crippen LogP contribution in [0.2, 0.25) is 0 Å². The number of benzene rings is 1. The molecule has 1 aromatic carbocycles. The average Bonchev–Trinajstić information content (AvgIpc) is 2.40. The molecule has 1 heterocycles. The van der Waals surface area contributed by atoms with Crippen molar-refractivity contribution < 1.29 is 13.6 Å². The normalized spacial score (nSPS) is 15.8. The van der Waals surface area contributed by atoms with Crippen molar-refractivity contribution >= 4 is 30.1 Å². The number of thioether (sulfide) groups is 1. The fourth-order valence-corrected chi connectivity index (χ4v) is 2.78. The third kappa shape index (κ3) is 4.61. The second-order valence-corrected chi connectivity index (χ2v) is 5.63. The summed E-state index contributed by atoms with van der Waals surface area (Å²) in [6, 6.07) is 3.84. The van der Waals surface area contributed by atoms with Crippen LogP contribution < -0.4 is 5.73 Å². The van der Waals surface area contributed by atoms with Crippen molar-refractivity contribution in [3.05, 3.63) is 29.8 Å². The zero-order valence-corrected chi connectivity index (χ0v) is 12.5. The minimum absolute atomic E-state index is 0. The molecular formula is C13H17ClF2N2OS. The van der Waals surface area contributed by atoms with Gasteiger partial charge in [-0.15, -0.1) is 24.2 Å². The third-order valence-electron chi connectivity index (χ3n) is 3.15. The summed E-state index contributed by atoms with van der Waals surface area (Å²) >= 11 is 1.22. The molecule has 1 saturated heterocycles. The van der Waals surface area contributed by atoms with E-state index in [2.05, 4.69) is 0 Å². The number of carbonyl (C=O) groups is 1. The van der Waals surface area contributed by atoms with Gasteiger partial charge >= 0.3 is 0 Å². The summed E-state index contributed by atoms with van der Waals surface area (Å²) in [5.74, 6) is -1.51. The molecule has 1 fully saturated rings. The van der Waals surface area contributed by atoms with Gasteiger partial charge in [-0.3, -0.25) is 4.79 Å². The summed E-state index contributed by atoms with van der Waals surface area (Å²) in [5.41, 5.74) is 5.77. The van der Waals surface area contributed by atoms with Crippen LogP contribution >= 0.6 is 24.2 Å². The Morgan fingerprint density at radius 1 is 1.30 bits per heavy atom. The van der Waals surface area contributed by atoms with Crippen molar-refractivity contribution in [3.63, 3.8) is 0 Å². The number of hydrogen-bond donors (Lipinski definition) is 1. The molecule has 7 heteroatoms. The van der Waals surface area contributed by atoms with Crippen LogP contribution in [0, 0.1) is 11.6 Å². The Hall–Kier alpha value is -0.850. The highest BCUT2D eigenvalue weighted by molar-refractivity contribution is 8.00. The molecule has 1 amide bonds. The number of nitrogens with two attached hydrogens (primary N) is 1. The number of piperidine rings is 1. The van der Waals surface area contributed by atoms with Gasteiger partial charge in [-0.2, -0.15) is 0 Å². The monoisotopic (exact) mass is 322 g/mol. The zero-order chi connectivity index (χ0) is 13.8. The van der Waals surface area contributed by atoms with E-state index in [4.69, 9.17) is 5.73 Å². The summed E-state index contributed by atoms with van der Waals surface area (Å²) in [5, 5.41) is 0. The van der Waals surface area contributed by atoms with Gasteiger partial charge in [0.05, 0.1) is 5.75 Å². The number of amides is 1. The molecule has 0 unspecified atom stereocenters. The molecular weight excluding hydrogens is 306 g/mol. The van der Waals surface area contributed by atoms with Crippen molar-refractivity contribution in [2.75, 3.05) is 18.8 Å². The Morgan fingerprint density at radius 2 is 1.95 bits per heavy atom. The fourth-order valence-electron chi connectivity index (χ4n) is 1.95. The van der Waals surface area contributed by atoms with E-state index in [1.807, 2.05) is 0 Å². The standard InChI is InChI=1S/C13H16F2N2OS.ClH/c14-11-2-1-10(7-12(11)15)19-8-13(18)17-5-3-9(16)4-6-17;/h1-2,7,9H,3-6,8,16H2;1H. The second-order valence-electron chi connectivity index (χ2n) is 4.58. The van der Waals surface area contributed by atoms with E-state index >= 15 is 0 Å². The van der Waals surface area contributed by atoms with Crippen LogP contribution in [0.4, 0.5) is 8.78 Å². The van der Waals surface area contributed by atoms with Gasteiger partial charge in [-0.1, -0.05) is 0 Å². The minimum atomic E-state index is -0.888. The van der Waals surface area contributed by atoms with Gasteiger partial charge in [-0.25, -0.2) is 8.78 Å². The van der Waals surface area contributed by atoms with E-state index in [1.54, 1.807) is 4.90 Å². The van der Waals surface area contributed by atoms with Gasteiger partial charge in [0.1, 0.15) is 0 Å². The van der Waals surface area contributed by atoms with E-state index in [-0.39, 0.29) is 30.1 Å². The number of nitrogens with zero attached hydrogens (tertiary/aromatic N) is 1. The zero-order valence-electron chi connectivity index (χ0n) is 10.9. The van der Waals surface area contributed by atoms with Crippen LogP contribution in [-0.2, 0) is 4.79 Å². The summed E-state index contributed by atoms with van der Waals surface area (Å²) in [4.78, 5) is 14.3. The van der Waals surface area contributed by atoms with Gasteiger partial charge in [0.2, 0.25) is 5.91 Å². The predicted octanol–water partition coefficient (Wildman–Crippen LogP) is 2.43. The summed E-state index contributed by atoms with van der Waals surface area (Å²) < 4.78 is 25.8. The van der Waals surface area contributed by atoms with E-state index in [9.17, 15) is 13.6 Å². The molecule has 112 valence electrons. The lowest BCUT2D eigenvalue weighted by Crippen LogP contribution is -2.43. The molecule has 20 heavy (non-hydrogen) atoms. The Bertz CT molecular complexity index is 468. The van der Waals surface area contributed by atoms with Crippen molar-refractivity contribution in [2.45, 2.75) is 23.8 Å². The average molecular weight is 323 g/mol. The van der Waals surface area contributed by atoms with Crippen molar-refractivity contribution in [1.29, 1.82) is 0 Å². The van der Waals surface area contributed by atoms with Gasteiger partial charge in [0.25, 0.3) is 0 Å². The fraction of sp³-hybridized carbons (Fsp3) is 0.462. The quantitative estimate of drug-likeness (QED) is 0.869. The molecule has 0 spiro atoms. The highest BCUT2D eigenvalue weighted by Crippen LogP contribution is 2.21. The highest BCUT2D eigenvalue weighted by Gasteiger charge is 2.20. The van der Waals surface area contributed by atoms with Gasteiger partial charge in [0, 0.05) is 24.0 Å². The lowest BCUT2D eigenvalue weighted by atomic mass is 10.1. The Kier molecular flexibility index (Phi) is 6.71. The number of hydrogen-bond acceptors (Lipinski definition) is 3. The first kappa shape index (κ1) is 17.2. The van der Waals surface area contributed by atoms with Crippen LogP contribution in [0.5, 0.6) is 0 Å². The van der Waals surface area contributed by atoms with E-state index in [0.29, 0.717) is 18.0 Å². The van der Waals surface area contributed by atoms with E-state index in [1.165, 1.54) is 17.8 Å². The van der Waals surface area contributed by atoms with E-state index in [0.717, 1.165) is 25.0 Å². The maximum absolute atomic E-state index is 13.0. The first-order chi connectivity index (χ1) is 9.06. The van der Waals surface area contributed by atoms with Crippen LogP contribution in [0.15, 0.2) is 23.1 Å². The van der Waals surface area contributed by atoms with Gasteiger partial charge in [0.15, 0.2) is 11.6 Å². The number of rotatable bonds is 3. The molecule has 0 saturated carbocycles. The molecule has 1 aromatic rings. The molecule has 0 atom stereocenters. The van der Waals surface area contributed by atoms with Crippen molar-refractivity contribution in [1.82, 2.24) is 4.90 Å². The molecule has 1 aliphatic heterocycles. The first-order valence-corrected chi connectivity index (χ1v) is 7.16. The molecule has 2 rings (SSSR count). The molecule has 0 aromatic heterocycles. The van der Waals surface area contributed by atoms with Crippen LogP contribution in [-0.4, -0.2) is 35.7 Å². The third-order valence-corrected chi connectivity index (χ3v) is 4.12. The molecule has 2 N–H and O–H groups in total. The smallest absolute Gasteiger partial charge is 0.232 e. The van der Waals surface area contributed by atoms with Gasteiger partial charge in [-0.05, 0) is 31.0 Å². The number of carbonyl (C=O) groups excluding carboxylic acids is 1. The van der Waals surface area contributed by atoms with E-state index < -0.39 is 11.6 Å². The summed E-state index contributed by atoms with van der Waals surface area (Å²) in [6.07, 6.45) is 1.64. The van der Waals surface area contributed by atoms with Crippen molar-refractivity contribution in [2.24, 2.45) is 5.73 Å². The Balaban J connectivity index is 0.00000200. The predicted molar refractivity (Wildman–Crippen MR) is 78.1 cm³/mol. The summed E-state index contributed by atoms with van der Waals surface area (Å²) in [6.45, 7) is 1.36. The molecule has 0 aliphatic carbocycles. The molecule has 0 radical (unpaired) electrons. The topological polar surface area (TPSA) is 46.3 Å². The van der Waals surface area contributed by atoms with Gasteiger partial charge < -0.3 is 10.6 Å². The lowest BCUT2D eigenvalue weighted by Gasteiger charge is -2.30. The molecule has 1 aliphatic rings. The molecule has 0 bridgehead atoms. The Morgan fingerprint density at radius 3 is 2.55 bits per heavy atom. The second kappa shape index (κ2) is 7.81. The summed E-state index contributed by atoms with van der Waals surface area (Å²) in [7, 11) is 0. The van der Waals surface area contributed by atoms with Crippen LogP contribution in [0.1, 0.15) is 12.8 Å². The largest absolute Gasteiger partial charge is 0.342 e. The maximum Gasteiger partial charge on any atom is 0.232 e. The molecule has 3 nitrogen and oxygen atoms in total. The Labute approximate surface area is 127 Å². The van der Waals surface area contributed by atoms with Crippen LogP contribution in [0.25, 0.3) is 0 Å². The SMILES string of the molecule is Cl.NC1CCN(C(=O)CSc2ccc(F)c(F)c2)CC1. The highest BCUT2D eigenvalue weighted by atomic mass is 35.5. The van der Waals surface area contributed by atoms with Crippen molar-refractivity contribution in [3.8, 4) is 0 Å².